The third-order valence-electron chi connectivity index (χ3n) is 5.48. The molecule has 2 amide bonds. The fourth-order valence-electron chi connectivity index (χ4n) is 3.71. The second-order valence-corrected chi connectivity index (χ2v) is 8.29. The smallest absolute Gasteiger partial charge is 0.412 e. The number of phenolic OH excluding ortho intramolecular Hbond substituents is 1. The van der Waals surface area contributed by atoms with Crippen LogP contribution in [0.15, 0.2) is 28.9 Å². The van der Waals surface area contributed by atoms with Crippen LogP contribution >= 0.6 is 15.9 Å². The zero-order chi connectivity index (χ0) is 22.6. The number of hydrogen-bond donors (Lipinski definition) is 3. The molecule has 31 heavy (non-hydrogen) atoms. The first-order chi connectivity index (χ1) is 14.8. The van der Waals surface area contributed by atoms with Gasteiger partial charge in [0.2, 0.25) is 0 Å². The number of nitrogens with zero attached hydrogens (tertiary/aromatic N) is 4. The maximum absolute atomic E-state index is 11.8. The van der Waals surface area contributed by atoms with Crippen LogP contribution in [-0.4, -0.2) is 52.0 Å². The Balaban J connectivity index is 1.80. The first-order valence-corrected chi connectivity index (χ1v) is 10.4. The quantitative estimate of drug-likeness (QED) is 0.563. The van der Waals surface area contributed by atoms with E-state index in [0.29, 0.717) is 36.9 Å². The summed E-state index contributed by atoms with van der Waals surface area (Å²) >= 11 is 3.28. The summed E-state index contributed by atoms with van der Waals surface area (Å²) in [6.45, 7) is 2.03. The number of aromatic hydroxyl groups is 1. The number of rotatable bonds is 6. The second-order valence-electron chi connectivity index (χ2n) is 7.44. The van der Waals surface area contributed by atoms with Crippen LogP contribution in [-0.2, 0) is 16.8 Å². The average molecular weight is 491 g/mol. The van der Waals surface area contributed by atoms with Gasteiger partial charge in [0.1, 0.15) is 11.3 Å². The Hall–Kier alpha value is -3.10. The number of primary amides is 1. The number of phenols is 1. The number of amides is 2. The third-order valence-corrected chi connectivity index (χ3v) is 6.15. The van der Waals surface area contributed by atoms with E-state index in [0.717, 1.165) is 5.56 Å². The van der Waals surface area contributed by atoms with E-state index in [2.05, 4.69) is 42.1 Å². The maximum Gasteiger partial charge on any atom is 0.412 e. The first-order valence-electron chi connectivity index (χ1n) is 9.59. The van der Waals surface area contributed by atoms with Gasteiger partial charge < -0.3 is 15.6 Å². The molecule has 2 aromatic rings. The normalized spacial score (nSPS) is 15.8. The molecule has 0 bridgehead atoms. The van der Waals surface area contributed by atoms with E-state index in [4.69, 9.17) is 5.73 Å². The van der Waals surface area contributed by atoms with Gasteiger partial charge in [0.25, 0.3) is 5.91 Å². The SMILES string of the molecule is COC(=O)Nc1nn(C2(CC#N)CCN(Cc3ccc(Br)c(O)c3)CC2)cc1C(N)=O. The van der Waals surface area contributed by atoms with E-state index in [1.54, 1.807) is 16.8 Å². The number of nitrogens with one attached hydrogen (secondary N) is 1. The number of aromatic nitrogens is 2. The predicted molar refractivity (Wildman–Crippen MR) is 115 cm³/mol. The van der Waals surface area contributed by atoms with Gasteiger partial charge in [0.05, 0.1) is 29.6 Å². The number of ether oxygens (including phenoxy) is 1. The summed E-state index contributed by atoms with van der Waals surface area (Å²) in [4.78, 5) is 25.7. The highest BCUT2D eigenvalue weighted by molar-refractivity contribution is 9.10. The largest absolute Gasteiger partial charge is 0.507 e. The molecule has 0 saturated carbocycles. The van der Waals surface area contributed by atoms with Crippen molar-refractivity contribution in [2.75, 3.05) is 25.5 Å². The number of piperidine rings is 1. The number of likely N-dealkylation sites (tertiary alicyclic amines) is 1. The molecule has 10 nitrogen and oxygen atoms in total. The zero-order valence-electron chi connectivity index (χ0n) is 17.0. The molecule has 1 aliphatic rings. The molecule has 0 spiro atoms. The summed E-state index contributed by atoms with van der Waals surface area (Å²) in [5.74, 6) is -0.545. The molecule has 2 heterocycles. The number of nitrogens with two attached hydrogens (primary N) is 1. The molecule has 1 aromatic heterocycles. The van der Waals surface area contributed by atoms with Gasteiger partial charge in [-0.3, -0.25) is 19.7 Å². The molecule has 3 rings (SSSR count). The minimum absolute atomic E-state index is 0.00410. The van der Waals surface area contributed by atoms with Crippen LogP contribution < -0.4 is 11.1 Å². The molecule has 1 fully saturated rings. The van der Waals surface area contributed by atoms with Gasteiger partial charge in [-0.15, -0.1) is 0 Å². The molecular formula is C20H23BrN6O4. The van der Waals surface area contributed by atoms with Crippen LogP contribution in [0.1, 0.15) is 35.2 Å². The summed E-state index contributed by atoms with van der Waals surface area (Å²) in [6.07, 6.45) is 2.13. The van der Waals surface area contributed by atoms with Crippen molar-refractivity contribution in [3.63, 3.8) is 0 Å². The molecule has 1 saturated heterocycles. The number of methoxy groups -OCH3 is 1. The second kappa shape index (κ2) is 9.36. The van der Waals surface area contributed by atoms with Gasteiger partial charge in [-0.1, -0.05) is 6.07 Å². The van der Waals surface area contributed by atoms with Crippen molar-refractivity contribution >= 4 is 33.7 Å². The van der Waals surface area contributed by atoms with E-state index in [9.17, 15) is 20.0 Å². The fraction of sp³-hybridized carbons (Fsp3) is 0.400. The highest BCUT2D eigenvalue weighted by Crippen LogP contribution is 2.35. The molecule has 11 heteroatoms. The monoisotopic (exact) mass is 490 g/mol. The zero-order valence-corrected chi connectivity index (χ0v) is 18.6. The molecule has 0 radical (unpaired) electrons. The lowest BCUT2D eigenvalue weighted by molar-refractivity contribution is 0.0966. The summed E-state index contributed by atoms with van der Waals surface area (Å²) in [5.41, 5.74) is 5.84. The number of nitriles is 1. The lowest BCUT2D eigenvalue weighted by Crippen LogP contribution is -2.46. The molecule has 1 aliphatic heterocycles. The van der Waals surface area contributed by atoms with Gasteiger partial charge >= 0.3 is 6.09 Å². The Kier molecular flexibility index (Phi) is 6.82. The lowest BCUT2D eigenvalue weighted by Gasteiger charge is -2.40. The molecule has 0 atom stereocenters. The third kappa shape index (κ3) is 4.98. The van der Waals surface area contributed by atoms with Crippen molar-refractivity contribution in [2.24, 2.45) is 5.73 Å². The molecule has 0 aliphatic carbocycles. The van der Waals surface area contributed by atoms with Crippen LogP contribution in [0.5, 0.6) is 5.75 Å². The summed E-state index contributed by atoms with van der Waals surface area (Å²) in [6, 6.07) is 7.69. The minimum Gasteiger partial charge on any atom is -0.507 e. The van der Waals surface area contributed by atoms with Crippen molar-refractivity contribution in [3.05, 3.63) is 40.0 Å². The van der Waals surface area contributed by atoms with Crippen LogP contribution in [0.3, 0.4) is 0 Å². The lowest BCUT2D eigenvalue weighted by atomic mass is 9.84. The van der Waals surface area contributed by atoms with Crippen LogP contribution in [0.4, 0.5) is 10.6 Å². The number of carbonyl (C=O) groups is 2. The molecule has 4 N–H and O–H groups in total. The van der Waals surface area contributed by atoms with Gasteiger partial charge in [0, 0.05) is 25.8 Å². The molecule has 0 unspecified atom stereocenters. The Labute approximate surface area is 187 Å². The van der Waals surface area contributed by atoms with Crippen LogP contribution in [0.25, 0.3) is 0 Å². The number of halogens is 1. The fourth-order valence-corrected chi connectivity index (χ4v) is 3.96. The first kappa shape index (κ1) is 22.6. The number of carbonyl (C=O) groups excluding carboxylic acids is 2. The van der Waals surface area contributed by atoms with E-state index in [1.807, 2.05) is 6.07 Å². The molecular weight excluding hydrogens is 468 g/mol. The van der Waals surface area contributed by atoms with Gasteiger partial charge in [0.15, 0.2) is 5.82 Å². The number of anilines is 1. The summed E-state index contributed by atoms with van der Waals surface area (Å²) in [7, 11) is 1.20. The Bertz CT molecular complexity index is 1020. The van der Waals surface area contributed by atoms with Gasteiger partial charge in [-0.2, -0.15) is 10.4 Å². The van der Waals surface area contributed by atoms with E-state index in [-0.39, 0.29) is 23.6 Å². The van der Waals surface area contributed by atoms with Gasteiger partial charge in [-0.05, 0) is 46.5 Å². The Morgan fingerprint density at radius 2 is 2.13 bits per heavy atom. The highest BCUT2D eigenvalue weighted by Gasteiger charge is 2.38. The van der Waals surface area contributed by atoms with E-state index >= 15 is 0 Å². The van der Waals surface area contributed by atoms with Crippen molar-refractivity contribution in [3.8, 4) is 11.8 Å². The number of benzene rings is 1. The van der Waals surface area contributed by atoms with Crippen molar-refractivity contribution in [1.82, 2.24) is 14.7 Å². The van der Waals surface area contributed by atoms with Crippen molar-refractivity contribution < 1.29 is 19.4 Å². The molecule has 1 aromatic carbocycles. The Morgan fingerprint density at radius 1 is 1.42 bits per heavy atom. The average Bonchev–Trinajstić information content (AvgIpc) is 3.17. The minimum atomic E-state index is -0.769. The van der Waals surface area contributed by atoms with Crippen molar-refractivity contribution in [1.29, 1.82) is 5.26 Å². The van der Waals surface area contributed by atoms with Crippen molar-refractivity contribution in [2.45, 2.75) is 31.3 Å². The predicted octanol–water partition coefficient (Wildman–Crippen LogP) is 2.53. The van der Waals surface area contributed by atoms with Crippen LogP contribution in [0, 0.1) is 11.3 Å². The number of hydrogen-bond acceptors (Lipinski definition) is 7. The van der Waals surface area contributed by atoms with E-state index < -0.39 is 17.5 Å². The summed E-state index contributed by atoms with van der Waals surface area (Å²) < 4.78 is 6.79. The highest BCUT2D eigenvalue weighted by atomic mass is 79.9. The Morgan fingerprint density at radius 3 is 2.71 bits per heavy atom. The van der Waals surface area contributed by atoms with Crippen LogP contribution in [0.2, 0.25) is 0 Å². The molecule has 164 valence electrons. The standard InChI is InChI=1S/C20H23BrN6O4/c1-31-19(30)24-18-14(17(23)29)12-27(25-18)20(4-7-22)5-8-26(9-6-20)11-13-2-3-15(21)16(28)10-13/h2-3,10,12,28H,4-6,8-9,11H2,1H3,(H2,23,29)(H,24,25,30). The maximum atomic E-state index is 11.8. The van der Waals surface area contributed by atoms with Gasteiger partial charge in [-0.25, -0.2) is 4.79 Å². The van der Waals surface area contributed by atoms with E-state index in [1.165, 1.54) is 13.3 Å². The summed E-state index contributed by atoms with van der Waals surface area (Å²) in [5, 5.41) is 26.1. The topological polar surface area (TPSA) is 146 Å².